The number of benzene rings is 2. The van der Waals surface area contributed by atoms with Crippen molar-refractivity contribution in [2.75, 3.05) is 13.8 Å². The Morgan fingerprint density at radius 1 is 1.07 bits per heavy atom. The van der Waals surface area contributed by atoms with E-state index in [-0.39, 0.29) is 12.7 Å². The highest BCUT2D eigenvalue weighted by atomic mass is 16.7. The van der Waals surface area contributed by atoms with Crippen LogP contribution >= 0.6 is 0 Å². The SMILES string of the molecule is CN(Cc1ccc2c(c1)OCO2)C(=O)c1ccc(OCc2cccnc2)cc1. The molecule has 0 unspecified atom stereocenters. The number of amides is 1. The van der Waals surface area contributed by atoms with Crippen LogP contribution in [0.15, 0.2) is 67.0 Å². The van der Waals surface area contributed by atoms with Gasteiger partial charge in [0.05, 0.1) is 0 Å². The van der Waals surface area contributed by atoms with E-state index in [2.05, 4.69) is 4.98 Å². The molecule has 1 amide bonds. The first-order chi connectivity index (χ1) is 13.7. The van der Waals surface area contributed by atoms with Gasteiger partial charge in [-0.15, -0.1) is 0 Å². The topological polar surface area (TPSA) is 60.9 Å². The molecule has 6 heteroatoms. The summed E-state index contributed by atoms with van der Waals surface area (Å²) < 4.78 is 16.4. The normalized spacial score (nSPS) is 11.9. The first kappa shape index (κ1) is 17.9. The van der Waals surface area contributed by atoms with Crippen molar-refractivity contribution in [1.82, 2.24) is 9.88 Å². The van der Waals surface area contributed by atoms with E-state index < -0.39 is 0 Å². The number of hydrogen-bond donors (Lipinski definition) is 0. The second kappa shape index (κ2) is 8.00. The monoisotopic (exact) mass is 376 g/mol. The van der Waals surface area contributed by atoms with Crippen molar-refractivity contribution in [3.63, 3.8) is 0 Å². The maximum atomic E-state index is 12.7. The number of carbonyl (C=O) groups excluding carboxylic acids is 1. The van der Waals surface area contributed by atoms with Gasteiger partial charge in [-0.05, 0) is 48.0 Å². The van der Waals surface area contributed by atoms with Crippen LogP contribution in [0, 0.1) is 0 Å². The molecule has 0 atom stereocenters. The molecule has 0 bridgehead atoms. The lowest BCUT2D eigenvalue weighted by molar-refractivity contribution is 0.0785. The van der Waals surface area contributed by atoms with Crippen LogP contribution in [0.2, 0.25) is 0 Å². The third-order valence-corrected chi connectivity index (χ3v) is 4.43. The summed E-state index contributed by atoms with van der Waals surface area (Å²) in [6.45, 7) is 1.16. The van der Waals surface area contributed by atoms with Crippen LogP contribution in [0.1, 0.15) is 21.5 Å². The summed E-state index contributed by atoms with van der Waals surface area (Å²) in [5, 5.41) is 0. The average Bonchev–Trinajstić information content (AvgIpc) is 3.21. The summed E-state index contributed by atoms with van der Waals surface area (Å²) >= 11 is 0. The Hall–Kier alpha value is -3.54. The molecule has 28 heavy (non-hydrogen) atoms. The van der Waals surface area contributed by atoms with Gasteiger partial charge in [-0.2, -0.15) is 0 Å². The molecule has 4 rings (SSSR count). The molecule has 0 spiro atoms. The Kier molecular flexibility index (Phi) is 5.10. The highest BCUT2D eigenvalue weighted by molar-refractivity contribution is 5.94. The lowest BCUT2D eigenvalue weighted by atomic mass is 10.1. The van der Waals surface area contributed by atoms with Gasteiger partial charge in [0, 0.05) is 37.1 Å². The molecule has 0 N–H and O–H groups in total. The first-order valence-corrected chi connectivity index (χ1v) is 8.95. The van der Waals surface area contributed by atoms with Crippen molar-refractivity contribution in [3.8, 4) is 17.2 Å². The van der Waals surface area contributed by atoms with Gasteiger partial charge in [-0.25, -0.2) is 0 Å². The largest absolute Gasteiger partial charge is 0.489 e. The van der Waals surface area contributed by atoms with Crippen LogP contribution in [0.25, 0.3) is 0 Å². The third-order valence-electron chi connectivity index (χ3n) is 4.43. The number of nitrogens with zero attached hydrogens (tertiary/aromatic N) is 2. The summed E-state index contributed by atoms with van der Waals surface area (Å²) in [7, 11) is 1.78. The fourth-order valence-electron chi connectivity index (χ4n) is 2.95. The van der Waals surface area contributed by atoms with E-state index in [4.69, 9.17) is 14.2 Å². The molecule has 0 radical (unpaired) electrons. The van der Waals surface area contributed by atoms with Gasteiger partial charge in [0.15, 0.2) is 11.5 Å². The van der Waals surface area contributed by atoms with E-state index in [1.165, 1.54) is 0 Å². The van der Waals surface area contributed by atoms with Crippen LogP contribution < -0.4 is 14.2 Å². The predicted octanol–water partition coefficient (Wildman–Crippen LogP) is 3.66. The standard InChI is InChI=1S/C22H20N2O4/c1-24(13-16-4-9-20-21(11-16)28-15-27-20)22(25)18-5-7-19(8-6-18)26-14-17-3-2-10-23-12-17/h2-12H,13-15H2,1H3. The van der Waals surface area contributed by atoms with Gasteiger partial charge in [-0.3, -0.25) is 9.78 Å². The van der Waals surface area contributed by atoms with E-state index in [1.54, 1.807) is 48.6 Å². The number of carbonyl (C=O) groups is 1. The van der Waals surface area contributed by atoms with Crippen molar-refractivity contribution in [2.45, 2.75) is 13.2 Å². The van der Waals surface area contributed by atoms with E-state index in [0.29, 0.717) is 30.2 Å². The summed E-state index contributed by atoms with van der Waals surface area (Å²) in [4.78, 5) is 18.4. The van der Waals surface area contributed by atoms with Crippen molar-refractivity contribution >= 4 is 5.91 Å². The summed E-state index contributed by atoms with van der Waals surface area (Å²) in [6.07, 6.45) is 3.49. The van der Waals surface area contributed by atoms with E-state index in [9.17, 15) is 4.79 Å². The zero-order valence-electron chi connectivity index (χ0n) is 15.5. The highest BCUT2D eigenvalue weighted by Gasteiger charge is 2.16. The molecule has 2 aromatic carbocycles. The summed E-state index contributed by atoms with van der Waals surface area (Å²) in [5.74, 6) is 2.10. The second-order valence-electron chi connectivity index (χ2n) is 6.52. The minimum atomic E-state index is -0.0588. The van der Waals surface area contributed by atoms with Crippen LogP contribution in [-0.4, -0.2) is 29.6 Å². The Labute approximate surface area is 163 Å². The molecular formula is C22H20N2O4. The number of ether oxygens (including phenoxy) is 3. The number of pyridine rings is 1. The molecule has 0 aliphatic carbocycles. The predicted molar refractivity (Wildman–Crippen MR) is 103 cm³/mol. The van der Waals surface area contributed by atoms with Crippen LogP contribution in [0.3, 0.4) is 0 Å². The smallest absolute Gasteiger partial charge is 0.253 e. The van der Waals surface area contributed by atoms with Crippen molar-refractivity contribution in [2.24, 2.45) is 0 Å². The quantitative estimate of drug-likeness (QED) is 0.657. The number of rotatable bonds is 6. The lowest BCUT2D eigenvalue weighted by Crippen LogP contribution is -2.26. The minimum Gasteiger partial charge on any atom is -0.489 e. The van der Waals surface area contributed by atoms with E-state index >= 15 is 0 Å². The number of fused-ring (bicyclic) bond motifs is 1. The van der Waals surface area contributed by atoms with Crippen molar-refractivity contribution < 1.29 is 19.0 Å². The zero-order chi connectivity index (χ0) is 19.3. The number of hydrogen-bond acceptors (Lipinski definition) is 5. The fourth-order valence-corrected chi connectivity index (χ4v) is 2.95. The van der Waals surface area contributed by atoms with Gasteiger partial charge in [0.2, 0.25) is 6.79 Å². The Morgan fingerprint density at radius 2 is 1.89 bits per heavy atom. The second-order valence-corrected chi connectivity index (χ2v) is 6.52. The van der Waals surface area contributed by atoms with Crippen molar-refractivity contribution in [3.05, 3.63) is 83.7 Å². The van der Waals surface area contributed by atoms with Crippen molar-refractivity contribution in [1.29, 1.82) is 0 Å². The Balaban J connectivity index is 1.36. The van der Waals surface area contributed by atoms with Crippen LogP contribution in [0.4, 0.5) is 0 Å². The van der Waals surface area contributed by atoms with Gasteiger partial charge in [0.25, 0.3) is 5.91 Å². The molecule has 0 saturated carbocycles. The minimum absolute atomic E-state index is 0.0588. The molecule has 1 aromatic heterocycles. The van der Waals surface area contributed by atoms with E-state index in [0.717, 1.165) is 16.9 Å². The molecular weight excluding hydrogens is 356 g/mol. The molecule has 2 heterocycles. The van der Waals surface area contributed by atoms with Gasteiger partial charge < -0.3 is 19.1 Å². The zero-order valence-corrected chi connectivity index (χ0v) is 15.5. The summed E-state index contributed by atoms with van der Waals surface area (Å²) in [5.41, 5.74) is 2.58. The molecule has 142 valence electrons. The molecule has 0 fully saturated rings. The number of aromatic nitrogens is 1. The fraction of sp³-hybridized carbons (Fsp3) is 0.182. The van der Waals surface area contributed by atoms with Gasteiger partial charge in [-0.1, -0.05) is 12.1 Å². The summed E-state index contributed by atoms with van der Waals surface area (Å²) in [6, 6.07) is 16.7. The van der Waals surface area contributed by atoms with Crippen LogP contribution in [-0.2, 0) is 13.2 Å². The van der Waals surface area contributed by atoms with E-state index in [1.807, 2.05) is 30.3 Å². The van der Waals surface area contributed by atoms with Gasteiger partial charge in [0.1, 0.15) is 12.4 Å². The van der Waals surface area contributed by atoms with Crippen LogP contribution in [0.5, 0.6) is 17.2 Å². The lowest BCUT2D eigenvalue weighted by Gasteiger charge is -2.18. The maximum Gasteiger partial charge on any atom is 0.253 e. The molecule has 0 saturated heterocycles. The highest BCUT2D eigenvalue weighted by Crippen LogP contribution is 2.32. The average molecular weight is 376 g/mol. The molecule has 3 aromatic rings. The maximum absolute atomic E-state index is 12.7. The Bertz CT molecular complexity index is 958. The Morgan fingerprint density at radius 3 is 2.68 bits per heavy atom. The molecule has 1 aliphatic rings. The first-order valence-electron chi connectivity index (χ1n) is 8.95. The molecule has 1 aliphatic heterocycles. The van der Waals surface area contributed by atoms with Gasteiger partial charge >= 0.3 is 0 Å². The third kappa shape index (κ3) is 4.06. The molecule has 6 nitrogen and oxygen atoms in total.